The lowest BCUT2D eigenvalue weighted by molar-refractivity contribution is 0.0600. The summed E-state index contributed by atoms with van der Waals surface area (Å²) < 4.78 is 4.71. The van der Waals surface area contributed by atoms with E-state index in [9.17, 15) is 4.79 Å². The number of methoxy groups -OCH3 is 1. The van der Waals surface area contributed by atoms with Gasteiger partial charge in [0.1, 0.15) is 0 Å². The molecular weight excluding hydrogens is 344 g/mol. The molecule has 3 rings (SSSR count). The highest BCUT2D eigenvalue weighted by atomic mass is 16.5. The van der Waals surface area contributed by atoms with Crippen LogP contribution in [0.1, 0.15) is 34.0 Å². The van der Waals surface area contributed by atoms with Gasteiger partial charge in [-0.05, 0) is 66.5 Å². The topological polar surface area (TPSA) is 26.3 Å². The smallest absolute Gasteiger partial charge is 0.337 e. The maximum absolute atomic E-state index is 11.5. The third-order valence-corrected chi connectivity index (χ3v) is 4.53. The molecule has 3 aromatic rings. The Morgan fingerprint density at radius 1 is 0.929 bits per heavy atom. The minimum Gasteiger partial charge on any atom is -0.465 e. The average molecular weight is 366 g/mol. The largest absolute Gasteiger partial charge is 0.465 e. The molecule has 0 unspecified atom stereocenters. The molecule has 0 atom stereocenters. The van der Waals surface area contributed by atoms with Crippen LogP contribution in [0.15, 0.2) is 78.9 Å². The summed E-state index contributed by atoms with van der Waals surface area (Å²) in [5.74, 6) is 5.90. The van der Waals surface area contributed by atoms with Crippen LogP contribution in [0.3, 0.4) is 0 Å². The molecule has 3 aromatic carbocycles. The summed E-state index contributed by atoms with van der Waals surface area (Å²) in [7, 11) is 1.37. The van der Waals surface area contributed by atoms with Gasteiger partial charge < -0.3 is 4.74 Å². The molecule has 0 aliphatic carbocycles. The highest BCUT2D eigenvalue weighted by Gasteiger charge is 2.06. The summed E-state index contributed by atoms with van der Waals surface area (Å²) in [6, 6.07) is 24.0. The summed E-state index contributed by atoms with van der Waals surface area (Å²) in [6.45, 7) is 4.16. The highest BCUT2D eigenvalue weighted by Crippen LogP contribution is 2.28. The zero-order valence-corrected chi connectivity index (χ0v) is 16.3. The second-order valence-electron chi connectivity index (χ2n) is 6.58. The lowest BCUT2D eigenvalue weighted by Gasteiger charge is -2.10. The molecule has 0 saturated heterocycles. The quantitative estimate of drug-likeness (QED) is 0.426. The Hall–Kier alpha value is -3.57. The van der Waals surface area contributed by atoms with Gasteiger partial charge in [0.2, 0.25) is 0 Å². The van der Waals surface area contributed by atoms with Crippen molar-refractivity contribution < 1.29 is 9.53 Å². The van der Waals surface area contributed by atoms with E-state index in [4.69, 9.17) is 4.74 Å². The van der Waals surface area contributed by atoms with Gasteiger partial charge in [-0.1, -0.05) is 65.9 Å². The summed E-state index contributed by atoms with van der Waals surface area (Å²) in [5.41, 5.74) is 7.28. The van der Waals surface area contributed by atoms with Crippen molar-refractivity contribution in [2.24, 2.45) is 0 Å². The number of allylic oxidation sites excluding steroid dienone is 2. The van der Waals surface area contributed by atoms with Gasteiger partial charge >= 0.3 is 5.97 Å². The molecule has 0 bridgehead atoms. The minimum absolute atomic E-state index is 0.344. The van der Waals surface area contributed by atoms with E-state index in [1.54, 1.807) is 12.1 Å². The van der Waals surface area contributed by atoms with Crippen LogP contribution in [0.5, 0.6) is 0 Å². The average Bonchev–Trinajstić information content (AvgIpc) is 2.74. The molecule has 0 spiro atoms. The fourth-order valence-electron chi connectivity index (χ4n) is 2.92. The monoisotopic (exact) mass is 366 g/mol. The fraction of sp³-hybridized carbons (Fsp3) is 0.115. The van der Waals surface area contributed by atoms with Crippen LogP contribution >= 0.6 is 0 Å². The lowest BCUT2D eigenvalue weighted by atomic mass is 9.94. The third-order valence-electron chi connectivity index (χ3n) is 4.53. The van der Waals surface area contributed by atoms with Gasteiger partial charge in [-0.3, -0.25) is 0 Å². The highest BCUT2D eigenvalue weighted by molar-refractivity contribution is 5.89. The van der Waals surface area contributed by atoms with E-state index in [1.807, 2.05) is 24.3 Å². The van der Waals surface area contributed by atoms with Crippen LogP contribution in [-0.2, 0) is 4.74 Å². The van der Waals surface area contributed by atoms with E-state index in [-0.39, 0.29) is 5.97 Å². The summed E-state index contributed by atoms with van der Waals surface area (Å²) in [6.07, 6.45) is 1.93. The van der Waals surface area contributed by atoms with E-state index in [1.165, 1.54) is 29.4 Å². The van der Waals surface area contributed by atoms with E-state index in [2.05, 4.69) is 68.2 Å². The molecule has 0 saturated carbocycles. The Bertz CT molecular complexity index is 1060. The van der Waals surface area contributed by atoms with Crippen LogP contribution in [-0.4, -0.2) is 13.1 Å². The van der Waals surface area contributed by atoms with Gasteiger partial charge in [0.15, 0.2) is 0 Å². The van der Waals surface area contributed by atoms with Crippen LogP contribution < -0.4 is 0 Å². The van der Waals surface area contributed by atoms with Gasteiger partial charge in [-0.2, -0.15) is 0 Å². The van der Waals surface area contributed by atoms with Crippen molar-refractivity contribution in [1.82, 2.24) is 0 Å². The number of esters is 1. The molecule has 0 fully saturated rings. The number of ether oxygens (including phenoxy) is 1. The molecule has 0 amide bonds. The fourth-order valence-corrected chi connectivity index (χ4v) is 2.92. The first-order valence-corrected chi connectivity index (χ1v) is 9.11. The Balaban J connectivity index is 1.85. The molecule has 0 aliphatic rings. The maximum atomic E-state index is 11.5. The first-order chi connectivity index (χ1) is 13.6. The van der Waals surface area contributed by atoms with Crippen molar-refractivity contribution in [2.75, 3.05) is 7.11 Å². The van der Waals surface area contributed by atoms with E-state index >= 15 is 0 Å². The van der Waals surface area contributed by atoms with Crippen LogP contribution in [0.25, 0.3) is 16.7 Å². The Morgan fingerprint density at radius 3 is 2.29 bits per heavy atom. The number of aryl methyl sites for hydroxylation is 1. The Morgan fingerprint density at radius 2 is 1.61 bits per heavy atom. The summed E-state index contributed by atoms with van der Waals surface area (Å²) >= 11 is 0. The lowest BCUT2D eigenvalue weighted by Crippen LogP contribution is -2.00. The Kier molecular flexibility index (Phi) is 6.09. The molecule has 2 heteroatoms. The number of rotatable bonds is 3. The van der Waals surface area contributed by atoms with E-state index < -0.39 is 0 Å². The second kappa shape index (κ2) is 8.88. The van der Waals surface area contributed by atoms with E-state index in [0.717, 1.165) is 11.1 Å². The third kappa shape index (κ3) is 4.58. The molecule has 28 heavy (non-hydrogen) atoms. The molecule has 2 nitrogen and oxygen atoms in total. The van der Waals surface area contributed by atoms with Gasteiger partial charge in [0.05, 0.1) is 12.7 Å². The summed E-state index contributed by atoms with van der Waals surface area (Å²) in [5, 5.41) is 0. The zero-order chi connectivity index (χ0) is 19.9. The predicted octanol–water partition coefficient (Wildman–Crippen LogP) is 5.90. The van der Waals surface area contributed by atoms with Crippen molar-refractivity contribution in [3.05, 3.63) is 101 Å². The van der Waals surface area contributed by atoms with Gasteiger partial charge in [-0.25, -0.2) is 4.79 Å². The van der Waals surface area contributed by atoms with Crippen LogP contribution in [0, 0.1) is 18.8 Å². The maximum Gasteiger partial charge on any atom is 0.337 e. The zero-order valence-electron chi connectivity index (χ0n) is 16.3. The number of carbonyl (C=O) groups is 1. The molecule has 0 aliphatic heterocycles. The number of hydrogen-bond acceptors (Lipinski definition) is 2. The van der Waals surface area contributed by atoms with Gasteiger partial charge in [0, 0.05) is 5.56 Å². The van der Waals surface area contributed by atoms with Gasteiger partial charge in [-0.15, -0.1) is 0 Å². The number of hydrogen-bond donors (Lipinski definition) is 0. The van der Waals surface area contributed by atoms with Crippen molar-refractivity contribution in [3.63, 3.8) is 0 Å². The summed E-state index contributed by atoms with van der Waals surface area (Å²) in [4.78, 5) is 11.5. The molecule has 0 aromatic heterocycles. The Labute approximate surface area is 166 Å². The van der Waals surface area contributed by atoms with Crippen molar-refractivity contribution in [3.8, 4) is 23.0 Å². The normalized spacial score (nSPS) is 10.8. The van der Waals surface area contributed by atoms with Crippen molar-refractivity contribution >= 4 is 11.5 Å². The van der Waals surface area contributed by atoms with Crippen molar-refractivity contribution in [1.29, 1.82) is 0 Å². The number of benzene rings is 3. The first-order valence-electron chi connectivity index (χ1n) is 9.11. The standard InChI is InChI=1S/C26H22O2/c1-19-11-15-22(16-12-19)25-10-5-4-9-24(25)20(2)7-6-8-21-13-17-23(18-14-21)26(27)28-3/h4-5,7,9-18H,1-3H3/b20-7+. The molecule has 138 valence electrons. The van der Waals surface area contributed by atoms with Gasteiger partial charge in [0.25, 0.3) is 0 Å². The minimum atomic E-state index is -0.344. The SMILES string of the molecule is COC(=O)c1ccc(C#C/C=C(\C)c2ccccc2-c2ccc(C)cc2)cc1. The van der Waals surface area contributed by atoms with Crippen LogP contribution in [0.2, 0.25) is 0 Å². The first kappa shape index (κ1) is 19.2. The number of carbonyl (C=O) groups excluding carboxylic acids is 1. The van der Waals surface area contributed by atoms with Crippen LogP contribution in [0.4, 0.5) is 0 Å². The predicted molar refractivity (Wildman–Crippen MR) is 115 cm³/mol. The molecule has 0 N–H and O–H groups in total. The molecular formula is C26H22O2. The van der Waals surface area contributed by atoms with Crippen molar-refractivity contribution in [2.45, 2.75) is 13.8 Å². The van der Waals surface area contributed by atoms with E-state index in [0.29, 0.717) is 5.56 Å². The molecule has 0 heterocycles. The molecule has 0 radical (unpaired) electrons. The second-order valence-corrected chi connectivity index (χ2v) is 6.58.